The van der Waals surface area contributed by atoms with E-state index >= 15 is 0 Å². The molecule has 0 amide bonds. The van der Waals surface area contributed by atoms with Gasteiger partial charge >= 0.3 is 0 Å². The quantitative estimate of drug-likeness (QED) is 0.814. The highest BCUT2D eigenvalue weighted by atomic mass is 16.5. The fourth-order valence-corrected chi connectivity index (χ4v) is 2.31. The smallest absolute Gasteiger partial charge is 0.143 e. The molecule has 1 aromatic rings. The molecule has 1 aromatic heterocycles. The molecule has 5 heteroatoms. The average Bonchev–Trinajstić information content (AvgIpc) is 2.95. The summed E-state index contributed by atoms with van der Waals surface area (Å²) in [5.41, 5.74) is 0. The van der Waals surface area contributed by atoms with E-state index in [1.165, 1.54) is 12.8 Å². The van der Waals surface area contributed by atoms with E-state index in [1.54, 1.807) is 6.33 Å². The van der Waals surface area contributed by atoms with E-state index in [9.17, 15) is 0 Å². The molecule has 0 bridgehead atoms. The van der Waals surface area contributed by atoms with Crippen LogP contribution in [0.2, 0.25) is 0 Å². The van der Waals surface area contributed by atoms with Crippen molar-refractivity contribution in [2.75, 3.05) is 13.2 Å². The average molecular weight is 238 g/mol. The molecule has 96 valence electrons. The summed E-state index contributed by atoms with van der Waals surface area (Å²) < 4.78 is 7.55. The van der Waals surface area contributed by atoms with E-state index in [0.717, 1.165) is 31.8 Å². The summed E-state index contributed by atoms with van der Waals surface area (Å²) in [6.07, 6.45) is 6.46. The van der Waals surface area contributed by atoms with E-state index in [0.29, 0.717) is 6.10 Å². The van der Waals surface area contributed by atoms with Gasteiger partial charge in [-0.25, -0.2) is 4.98 Å². The fourth-order valence-electron chi connectivity index (χ4n) is 2.31. The maximum Gasteiger partial charge on any atom is 0.143 e. The van der Waals surface area contributed by atoms with E-state index in [2.05, 4.69) is 22.3 Å². The Morgan fingerprint density at radius 3 is 3.12 bits per heavy atom. The minimum atomic E-state index is 0.255. The van der Waals surface area contributed by atoms with Gasteiger partial charge in [-0.05, 0) is 32.2 Å². The Balaban J connectivity index is 1.99. The Kier molecular flexibility index (Phi) is 4.50. The van der Waals surface area contributed by atoms with Gasteiger partial charge in [-0.2, -0.15) is 5.10 Å². The Morgan fingerprint density at radius 1 is 1.65 bits per heavy atom. The third kappa shape index (κ3) is 3.26. The van der Waals surface area contributed by atoms with Gasteiger partial charge in [0, 0.05) is 13.7 Å². The number of hydrogen-bond donors (Lipinski definition) is 1. The molecule has 1 fully saturated rings. The lowest BCUT2D eigenvalue weighted by atomic mass is 10.1. The molecule has 0 aliphatic carbocycles. The van der Waals surface area contributed by atoms with Crippen LogP contribution in [0, 0.1) is 0 Å². The summed E-state index contributed by atoms with van der Waals surface area (Å²) in [5, 5.41) is 7.68. The molecule has 2 atom stereocenters. The van der Waals surface area contributed by atoms with Gasteiger partial charge in [-0.15, -0.1) is 0 Å². The Morgan fingerprint density at radius 2 is 2.53 bits per heavy atom. The summed E-state index contributed by atoms with van der Waals surface area (Å²) >= 11 is 0. The van der Waals surface area contributed by atoms with Crippen LogP contribution in [0.1, 0.15) is 44.5 Å². The van der Waals surface area contributed by atoms with Crippen molar-refractivity contribution >= 4 is 0 Å². The number of ether oxygens (including phenoxy) is 1. The Labute approximate surface area is 103 Å². The summed E-state index contributed by atoms with van der Waals surface area (Å²) in [6.45, 7) is 4.08. The van der Waals surface area contributed by atoms with Crippen molar-refractivity contribution in [3.63, 3.8) is 0 Å². The number of aryl methyl sites for hydroxylation is 1. The van der Waals surface area contributed by atoms with Gasteiger partial charge in [0.2, 0.25) is 0 Å². The monoisotopic (exact) mass is 238 g/mol. The molecule has 2 rings (SSSR count). The third-order valence-corrected chi connectivity index (χ3v) is 3.22. The Hall–Kier alpha value is -0.940. The number of nitrogens with zero attached hydrogens (tertiary/aromatic N) is 3. The predicted molar refractivity (Wildman–Crippen MR) is 65.6 cm³/mol. The standard InChI is InChI=1S/C12H22N4O/c1-3-6-13-11(8-10-5-4-7-17-10)12-14-9-15-16(12)2/h9-11,13H,3-8H2,1-2H3. The molecule has 1 aliphatic rings. The van der Waals surface area contributed by atoms with Crippen LogP contribution in [0.3, 0.4) is 0 Å². The first-order chi connectivity index (χ1) is 8.31. The van der Waals surface area contributed by atoms with Crippen LogP contribution in [0.4, 0.5) is 0 Å². The minimum absolute atomic E-state index is 0.255. The summed E-state index contributed by atoms with van der Waals surface area (Å²) in [4.78, 5) is 4.34. The number of hydrogen-bond acceptors (Lipinski definition) is 4. The van der Waals surface area contributed by atoms with Crippen molar-refractivity contribution in [1.82, 2.24) is 20.1 Å². The maximum absolute atomic E-state index is 5.70. The molecule has 2 heterocycles. The van der Waals surface area contributed by atoms with E-state index < -0.39 is 0 Å². The number of aromatic nitrogens is 3. The van der Waals surface area contributed by atoms with Crippen LogP contribution in [-0.4, -0.2) is 34.0 Å². The molecule has 0 spiro atoms. The molecule has 1 N–H and O–H groups in total. The molecule has 2 unspecified atom stereocenters. The molecule has 0 aromatic carbocycles. The van der Waals surface area contributed by atoms with Crippen LogP contribution in [0.25, 0.3) is 0 Å². The van der Waals surface area contributed by atoms with Gasteiger partial charge < -0.3 is 10.1 Å². The van der Waals surface area contributed by atoms with Gasteiger partial charge in [0.05, 0.1) is 12.1 Å². The van der Waals surface area contributed by atoms with E-state index in [1.807, 2.05) is 11.7 Å². The van der Waals surface area contributed by atoms with E-state index in [-0.39, 0.29) is 6.04 Å². The van der Waals surface area contributed by atoms with Crippen LogP contribution in [0.15, 0.2) is 6.33 Å². The van der Waals surface area contributed by atoms with Crippen molar-refractivity contribution in [2.24, 2.45) is 7.05 Å². The normalized spacial score (nSPS) is 21.9. The van der Waals surface area contributed by atoms with Gasteiger partial charge in [0.1, 0.15) is 12.2 Å². The van der Waals surface area contributed by atoms with Crippen molar-refractivity contribution in [3.8, 4) is 0 Å². The molecule has 0 radical (unpaired) electrons. The highest BCUT2D eigenvalue weighted by Crippen LogP contribution is 2.23. The lowest BCUT2D eigenvalue weighted by Gasteiger charge is -2.20. The van der Waals surface area contributed by atoms with Crippen molar-refractivity contribution in [1.29, 1.82) is 0 Å². The first-order valence-corrected chi connectivity index (χ1v) is 6.50. The molecular weight excluding hydrogens is 216 g/mol. The summed E-state index contributed by atoms with van der Waals surface area (Å²) in [5.74, 6) is 1.01. The molecule has 17 heavy (non-hydrogen) atoms. The number of rotatable bonds is 6. The van der Waals surface area contributed by atoms with Gasteiger partial charge in [0.15, 0.2) is 0 Å². The van der Waals surface area contributed by atoms with Crippen LogP contribution in [0.5, 0.6) is 0 Å². The second kappa shape index (κ2) is 6.12. The van der Waals surface area contributed by atoms with Crippen molar-refractivity contribution in [3.05, 3.63) is 12.2 Å². The molecule has 0 saturated carbocycles. The highest BCUT2D eigenvalue weighted by molar-refractivity contribution is 4.95. The molecule has 5 nitrogen and oxygen atoms in total. The lowest BCUT2D eigenvalue weighted by Crippen LogP contribution is -2.28. The SMILES string of the molecule is CCCNC(CC1CCCO1)c1ncnn1C. The van der Waals surface area contributed by atoms with Gasteiger partial charge in [-0.1, -0.05) is 6.92 Å². The maximum atomic E-state index is 5.70. The fraction of sp³-hybridized carbons (Fsp3) is 0.833. The third-order valence-electron chi connectivity index (χ3n) is 3.22. The molecular formula is C12H22N4O. The van der Waals surface area contributed by atoms with Crippen LogP contribution < -0.4 is 5.32 Å². The first kappa shape index (κ1) is 12.5. The van der Waals surface area contributed by atoms with Crippen LogP contribution >= 0.6 is 0 Å². The second-order valence-electron chi connectivity index (χ2n) is 4.62. The van der Waals surface area contributed by atoms with Crippen LogP contribution in [-0.2, 0) is 11.8 Å². The van der Waals surface area contributed by atoms with Gasteiger partial charge in [-0.3, -0.25) is 4.68 Å². The van der Waals surface area contributed by atoms with E-state index in [4.69, 9.17) is 4.74 Å². The summed E-state index contributed by atoms with van der Waals surface area (Å²) in [6, 6.07) is 0.255. The molecule has 1 aliphatic heterocycles. The minimum Gasteiger partial charge on any atom is -0.378 e. The lowest BCUT2D eigenvalue weighted by molar-refractivity contribution is 0.0932. The zero-order valence-electron chi connectivity index (χ0n) is 10.7. The zero-order chi connectivity index (χ0) is 12.1. The highest BCUT2D eigenvalue weighted by Gasteiger charge is 2.24. The largest absolute Gasteiger partial charge is 0.378 e. The number of nitrogens with one attached hydrogen (secondary N) is 1. The van der Waals surface area contributed by atoms with Gasteiger partial charge in [0.25, 0.3) is 0 Å². The van der Waals surface area contributed by atoms with Crippen molar-refractivity contribution in [2.45, 2.75) is 44.8 Å². The summed E-state index contributed by atoms with van der Waals surface area (Å²) in [7, 11) is 1.94. The molecule has 1 saturated heterocycles. The first-order valence-electron chi connectivity index (χ1n) is 6.50. The van der Waals surface area contributed by atoms with Crippen molar-refractivity contribution < 1.29 is 4.74 Å². The topological polar surface area (TPSA) is 52.0 Å². The predicted octanol–water partition coefficient (Wildman–Crippen LogP) is 1.42. The zero-order valence-corrected chi connectivity index (χ0v) is 10.7. The second-order valence-corrected chi connectivity index (χ2v) is 4.62. The Bertz CT molecular complexity index is 333.